The summed E-state index contributed by atoms with van der Waals surface area (Å²) in [6, 6.07) is 15.2. The number of carbonyl (C=O) groups excluding carboxylic acids is 1. The molecule has 0 aliphatic rings. The van der Waals surface area contributed by atoms with Gasteiger partial charge in [-0.15, -0.1) is 0 Å². The van der Waals surface area contributed by atoms with Gasteiger partial charge >= 0.3 is 0 Å². The molecule has 2 aromatic rings. The van der Waals surface area contributed by atoms with Crippen LogP contribution in [0, 0.1) is 0 Å². The van der Waals surface area contributed by atoms with E-state index in [1.807, 2.05) is 36.4 Å². The number of hydrogen-bond acceptors (Lipinski definition) is 3. The third-order valence-corrected chi connectivity index (χ3v) is 3.50. The SMILES string of the molecule is COc1ccc(C(=O)N(C)CC(C)(C)O)cc1-c1ccccc1. The van der Waals surface area contributed by atoms with E-state index < -0.39 is 5.60 Å². The highest BCUT2D eigenvalue weighted by Gasteiger charge is 2.21. The molecule has 1 amide bonds. The fourth-order valence-corrected chi connectivity index (χ4v) is 2.56. The first kappa shape index (κ1) is 17.0. The summed E-state index contributed by atoms with van der Waals surface area (Å²) in [5.41, 5.74) is 1.50. The minimum Gasteiger partial charge on any atom is -0.496 e. The van der Waals surface area contributed by atoms with E-state index in [-0.39, 0.29) is 12.5 Å². The van der Waals surface area contributed by atoms with Crippen molar-refractivity contribution in [3.63, 3.8) is 0 Å². The number of amides is 1. The Labute approximate surface area is 137 Å². The van der Waals surface area contributed by atoms with Crippen molar-refractivity contribution in [1.29, 1.82) is 0 Å². The first-order chi connectivity index (χ1) is 10.8. The minimum atomic E-state index is -0.931. The molecule has 4 nitrogen and oxygen atoms in total. The Bertz CT molecular complexity index is 675. The highest BCUT2D eigenvalue weighted by atomic mass is 16.5. The van der Waals surface area contributed by atoms with E-state index in [1.165, 1.54) is 4.90 Å². The van der Waals surface area contributed by atoms with Crippen LogP contribution in [0.5, 0.6) is 5.75 Å². The Morgan fingerprint density at radius 3 is 2.39 bits per heavy atom. The van der Waals surface area contributed by atoms with Crippen molar-refractivity contribution in [1.82, 2.24) is 4.90 Å². The molecule has 2 rings (SSSR count). The molecule has 2 aromatic carbocycles. The molecule has 0 radical (unpaired) electrons. The van der Waals surface area contributed by atoms with E-state index >= 15 is 0 Å². The number of hydrogen-bond donors (Lipinski definition) is 1. The highest BCUT2D eigenvalue weighted by molar-refractivity contribution is 5.96. The van der Waals surface area contributed by atoms with Crippen LogP contribution in [0.4, 0.5) is 0 Å². The molecular weight excluding hydrogens is 290 g/mol. The van der Waals surface area contributed by atoms with Crippen LogP contribution < -0.4 is 4.74 Å². The number of likely N-dealkylation sites (N-methyl/N-ethyl adjacent to an activating group) is 1. The molecule has 122 valence electrons. The van der Waals surface area contributed by atoms with Gasteiger partial charge < -0.3 is 14.7 Å². The molecule has 0 aromatic heterocycles. The molecule has 0 spiro atoms. The quantitative estimate of drug-likeness (QED) is 0.922. The van der Waals surface area contributed by atoms with Crippen molar-refractivity contribution in [3.05, 3.63) is 54.1 Å². The van der Waals surface area contributed by atoms with E-state index in [9.17, 15) is 9.90 Å². The van der Waals surface area contributed by atoms with Crippen molar-refractivity contribution in [2.75, 3.05) is 20.7 Å². The summed E-state index contributed by atoms with van der Waals surface area (Å²) >= 11 is 0. The highest BCUT2D eigenvalue weighted by Crippen LogP contribution is 2.31. The molecule has 0 heterocycles. The molecule has 0 aliphatic carbocycles. The van der Waals surface area contributed by atoms with Crippen LogP contribution in [0.2, 0.25) is 0 Å². The van der Waals surface area contributed by atoms with Crippen LogP contribution in [-0.2, 0) is 0 Å². The van der Waals surface area contributed by atoms with E-state index in [0.717, 1.165) is 16.9 Å². The summed E-state index contributed by atoms with van der Waals surface area (Å²) in [4.78, 5) is 14.1. The molecule has 23 heavy (non-hydrogen) atoms. The lowest BCUT2D eigenvalue weighted by atomic mass is 10.0. The predicted molar refractivity (Wildman–Crippen MR) is 91.7 cm³/mol. The molecule has 0 atom stereocenters. The lowest BCUT2D eigenvalue weighted by Gasteiger charge is -2.26. The molecule has 0 aliphatic heterocycles. The minimum absolute atomic E-state index is 0.132. The molecule has 1 N–H and O–H groups in total. The first-order valence-corrected chi connectivity index (χ1v) is 7.53. The number of carbonyl (C=O) groups is 1. The van der Waals surface area contributed by atoms with Gasteiger partial charge in [-0.1, -0.05) is 30.3 Å². The van der Waals surface area contributed by atoms with Gasteiger partial charge in [0.2, 0.25) is 0 Å². The maximum absolute atomic E-state index is 12.6. The third kappa shape index (κ3) is 4.33. The van der Waals surface area contributed by atoms with Gasteiger partial charge in [0.15, 0.2) is 0 Å². The standard InChI is InChI=1S/C19H23NO3/c1-19(2,22)13-20(3)18(21)15-10-11-17(23-4)16(12-15)14-8-6-5-7-9-14/h5-12,22H,13H2,1-4H3. The van der Waals surface area contributed by atoms with E-state index in [0.29, 0.717) is 5.56 Å². The average Bonchev–Trinajstić information content (AvgIpc) is 2.52. The van der Waals surface area contributed by atoms with E-state index in [1.54, 1.807) is 40.1 Å². The second-order valence-electron chi connectivity index (χ2n) is 6.25. The zero-order valence-corrected chi connectivity index (χ0v) is 14.0. The smallest absolute Gasteiger partial charge is 0.253 e. The van der Waals surface area contributed by atoms with Crippen LogP contribution >= 0.6 is 0 Å². The van der Waals surface area contributed by atoms with Crippen molar-refractivity contribution >= 4 is 5.91 Å². The Balaban J connectivity index is 2.36. The Hall–Kier alpha value is -2.33. The van der Waals surface area contributed by atoms with Crippen molar-refractivity contribution in [3.8, 4) is 16.9 Å². The number of rotatable bonds is 5. The maximum atomic E-state index is 12.6. The normalized spacial score (nSPS) is 11.2. The van der Waals surface area contributed by atoms with Gasteiger partial charge in [-0.05, 0) is 37.6 Å². The largest absolute Gasteiger partial charge is 0.496 e. The number of methoxy groups -OCH3 is 1. The summed E-state index contributed by atoms with van der Waals surface area (Å²) in [5.74, 6) is 0.588. The Morgan fingerprint density at radius 2 is 1.83 bits per heavy atom. The molecule has 0 bridgehead atoms. The molecule has 0 saturated heterocycles. The van der Waals surface area contributed by atoms with Crippen LogP contribution in [0.3, 0.4) is 0 Å². The van der Waals surface area contributed by atoms with E-state index in [4.69, 9.17) is 4.74 Å². The topological polar surface area (TPSA) is 49.8 Å². The maximum Gasteiger partial charge on any atom is 0.253 e. The van der Waals surface area contributed by atoms with Crippen molar-refractivity contribution in [2.24, 2.45) is 0 Å². The fourth-order valence-electron chi connectivity index (χ4n) is 2.56. The summed E-state index contributed by atoms with van der Waals surface area (Å²) < 4.78 is 5.41. The zero-order chi connectivity index (χ0) is 17.0. The lowest BCUT2D eigenvalue weighted by molar-refractivity contribution is 0.0368. The number of aliphatic hydroxyl groups is 1. The van der Waals surface area contributed by atoms with Gasteiger partial charge in [0, 0.05) is 24.7 Å². The number of benzene rings is 2. The first-order valence-electron chi connectivity index (χ1n) is 7.53. The number of nitrogens with zero attached hydrogens (tertiary/aromatic N) is 1. The fraction of sp³-hybridized carbons (Fsp3) is 0.316. The zero-order valence-electron chi connectivity index (χ0n) is 14.0. The predicted octanol–water partition coefficient (Wildman–Crippen LogP) is 3.21. The van der Waals surface area contributed by atoms with Gasteiger partial charge in [-0.2, -0.15) is 0 Å². The molecule has 0 unspecified atom stereocenters. The molecule has 0 fully saturated rings. The average molecular weight is 313 g/mol. The summed E-state index contributed by atoms with van der Waals surface area (Å²) in [6.45, 7) is 3.62. The van der Waals surface area contributed by atoms with Gasteiger partial charge in [-0.25, -0.2) is 0 Å². The Kier molecular flexibility index (Phi) is 5.06. The summed E-state index contributed by atoms with van der Waals surface area (Å²) in [6.07, 6.45) is 0. The lowest BCUT2D eigenvalue weighted by Crippen LogP contribution is -2.39. The molecule has 0 saturated carbocycles. The van der Waals surface area contributed by atoms with Gasteiger partial charge in [0.1, 0.15) is 5.75 Å². The Morgan fingerprint density at radius 1 is 1.17 bits per heavy atom. The van der Waals surface area contributed by atoms with Crippen LogP contribution in [0.15, 0.2) is 48.5 Å². The van der Waals surface area contributed by atoms with Crippen molar-refractivity contribution in [2.45, 2.75) is 19.4 Å². The third-order valence-electron chi connectivity index (χ3n) is 3.50. The summed E-state index contributed by atoms with van der Waals surface area (Å²) in [7, 11) is 3.30. The van der Waals surface area contributed by atoms with Crippen LogP contribution in [0.25, 0.3) is 11.1 Å². The molecular formula is C19H23NO3. The van der Waals surface area contributed by atoms with E-state index in [2.05, 4.69) is 0 Å². The molecule has 4 heteroatoms. The number of ether oxygens (including phenoxy) is 1. The summed E-state index contributed by atoms with van der Waals surface area (Å²) in [5, 5.41) is 9.88. The van der Waals surface area contributed by atoms with Crippen molar-refractivity contribution < 1.29 is 14.6 Å². The van der Waals surface area contributed by atoms with Crippen LogP contribution in [0.1, 0.15) is 24.2 Å². The monoisotopic (exact) mass is 313 g/mol. The van der Waals surface area contributed by atoms with Gasteiger partial charge in [-0.3, -0.25) is 4.79 Å². The van der Waals surface area contributed by atoms with Crippen LogP contribution in [-0.4, -0.2) is 42.2 Å². The van der Waals surface area contributed by atoms with Gasteiger partial charge in [0.25, 0.3) is 5.91 Å². The van der Waals surface area contributed by atoms with Gasteiger partial charge in [0.05, 0.1) is 12.7 Å². The second-order valence-corrected chi connectivity index (χ2v) is 6.25. The second kappa shape index (κ2) is 6.84.